The first-order chi connectivity index (χ1) is 12.6. The number of ketones is 1. The Morgan fingerprint density at radius 1 is 0.808 bits per heavy atom. The molecule has 5 heteroatoms. The van der Waals surface area contributed by atoms with E-state index in [4.69, 9.17) is 23.2 Å². The Bertz CT molecular complexity index is 923. The van der Waals surface area contributed by atoms with Crippen molar-refractivity contribution in [2.24, 2.45) is 0 Å². The molecule has 130 valence electrons. The third kappa shape index (κ3) is 4.88. The fourth-order valence-corrected chi connectivity index (χ4v) is 2.83. The molecule has 0 aliphatic heterocycles. The molecule has 0 spiro atoms. The fraction of sp³-hybridized carbons (Fsp3) is 0. The molecular weight excluding hydrogens is 367 g/mol. The van der Waals surface area contributed by atoms with Crippen molar-refractivity contribution in [3.05, 3.63) is 101 Å². The maximum absolute atomic E-state index is 12.2. The lowest BCUT2D eigenvalue weighted by Crippen LogP contribution is -1.97. The van der Waals surface area contributed by atoms with E-state index < -0.39 is 0 Å². The molecule has 0 saturated heterocycles. The lowest BCUT2D eigenvalue weighted by Gasteiger charge is -2.07. The first-order valence-corrected chi connectivity index (χ1v) is 8.72. The second kappa shape index (κ2) is 8.56. The van der Waals surface area contributed by atoms with E-state index in [0.29, 0.717) is 15.6 Å². The van der Waals surface area contributed by atoms with Gasteiger partial charge in [0.2, 0.25) is 0 Å². The molecule has 0 atom stereocenters. The third-order valence-corrected chi connectivity index (χ3v) is 4.18. The summed E-state index contributed by atoms with van der Waals surface area (Å²) in [5.41, 5.74) is 3.29. The number of para-hydroxylation sites is 1. The van der Waals surface area contributed by atoms with Crippen LogP contribution in [0.4, 0.5) is 17.1 Å². The van der Waals surface area contributed by atoms with E-state index >= 15 is 0 Å². The number of nitrogens with one attached hydrogen (secondary N) is 2. The number of anilines is 3. The molecule has 3 aromatic rings. The number of halogens is 2. The summed E-state index contributed by atoms with van der Waals surface area (Å²) in [4.78, 5) is 12.2. The third-order valence-electron chi connectivity index (χ3n) is 3.63. The zero-order chi connectivity index (χ0) is 18.4. The van der Waals surface area contributed by atoms with Crippen LogP contribution in [0.2, 0.25) is 10.0 Å². The van der Waals surface area contributed by atoms with Crippen LogP contribution < -0.4 is 10.6 Å². The molecule has 0 saturated carbocycles. The van der Waals surface area contributed by atoms with Crippen LogP contribution in [0.15, 0.2) is 85.1 Å². The molecule has 3 rings (SSSR count). The summed E-state index contributed by atoms with van der Waals surface area (Å²) in [7, 11) is 0. The smallest absolute Gasteiger partial charge is 0.188 e. The van der Waals surface area contributed by atoms with Gasteiger partial charge in [-0.15, -0.1) is 0 Å². The summed E-state index contributed by atoms with van der Waals surface area (Å²) in [6.45, 7) is 0. The molecule has 26 heavy (non-hydrogen) atoms. The van der Waals surface area contributed by atoms with Gasteiger partial charge in [0.1, 0.15) is 0 Å². The van der Waals surface area contributed by atoms with Gasteiger partial charge in [-0.05, 0) is 54.6 Å². The molecule has 0 aliphatic carbocycles. The number of carbonyl (C=O) groups is 1. The molecule has 0 aliphatic rings. The van der Waals surface area contributed by atoms with E-state index in [9.17, 15) is 4.79 Å². The lowest BCUT2D eigenvalue weighted by atomic mass is 10.1. The molecule has 0 heterocycles. The second-order valence-corrected chi connectivity index (χ2v) is 6.38. The molecule has 0 aromatic heterocycles. The Morgan fingerprint density at radius 3 is 2.15 bits per heavy atom. The molecule has 3 aromatic carbocycles. The van der Waals surface area contributed by atoms with Gasteiger partial charge in [-0.3, -0.25) is 4.79 Å². The van der Waals surface area contributed by atoms with E-state index in [1.54, 1.807) is 24.4 Å². The Hall–Kier alpha value is -2.75. The van der Waals surface area contributed by atoms with Crippen molar-refractivity contribution in [3.63, 3.8) is 0 Å². The SMILES string of the molecule is O=C(/C=C/Nc1ccc(Nc2ccccc2)cc1)c1ccc(Cl)cc1Cl. The average molecular weight is 383 g/mol. The van der Waals surface area contributed by atoms with Crippen molar-refractivity contribution in [2.75, 3.05) is 10.6 Å². The van der Waals surface area contributed by atoms with Crippen LogP contribution in [0.1, 0.15) is 10.4 Å². The van der Waals surface area contributed by atoms with Crippen molar-refractivity contribution in [2.45, 2.75) is 0 Å². The number of hydrogen-bond acceptors (Lipinski definition) is 3. The maximum Gasteiger partial charge on any atom is 0.188 e. The molecule has 0 amide bonds. The molecule has 0 radical (unpaired) electrons. The minimum atomic E-state index is -0.193. The van der Waals surface area contributed by atoms with E-state index in [1.165, 1.54) is 6.08 Å². The van der Waals surface area contributed by atoms with Crippen LogP contribution in [0.5, 0.6) is 0 Å². The average Bonchev–Trinajstić information content (AvgIpc) is 2.64. The zero-order valence-corrected chi connectivity index (χ0v) is 15.3. The fourth-order valence-electron chi connectivity index (χ4n) is 2.33. The van der Waals surface area contributed by atoms with Gasteiger partial charge in [-0.1, -0.05) is 41.4 Å². The maximum atomic E-state index is 12.2. The standard InChI is InChI=1S/C21H16Cl2N2O/c22-15-6-11-19(20(23)14-15)21(26)12-13-24-16-7-9-18(10-8-16)25-17-4-2-1-3-5-17/h1-14,24-25H/b13-12+. The molecule has 2 N–H and O–H groups in total. The lowest BCUT2D eigenvalue weighted by molar-refractivity contribution is 0.104. The highest BCUT2D eigenvalue weighted by Gasteiger charge is 2.07. The van der Waals surface area contributed by atoms with Gasteiger partial charge in [-0.25, -0.2) is 0 Å². The van der Waals surface area contributed by atoms with Crippen molar-refractivity contribution in [1.29, 1.82) is 0 Å². The first kappa shape index (κ1) is 18.1. The number of allylic oxidation sites excluding steroid dienone is 1. The monoisotopic (exact) mass is 382 g/mol. The Kier molecular flexibility index (Phi) is 5.95. The van der Waals surface area contributed by atoms with E-state index in [1.807, 2.05) is 54.6 Å². The van der Waals surface area contributed by atoms with Gasteiger partial charge in [0.25, 0.3) is 0 Å². The van der Waals surface area contributed by atoms with Crippen molar-refractivity contribution >= 4 is 46.0 Å². The van der Waals surface area contributed by atoms with Gasteiger partial charge in [0.15, 0.2) is 5.78 Å². The summed E-state index contributed by atoms with van der Waals surface area (Å²) >= 11 is 11.9. The summed E-state index contributed by atoms with van der Waals surface area (Å²) in [6.07, 6.45) is 3.03. The van der Waals surface area contributed by atoms with Gasteiger partial charge in [0.05, 0.1) is 5.02 Å². The van der Waals surface area contributed by atoms with Crippen molar-refractivity contribution < 1.29 is 4.79 Å². The quantitative estimate of drug-likeness (QED) is 0.375. The van der Waals surface area contributed by atoms with Gasteiger partial charge in [0, 0.05) is 39.9 Å². The van der Waals surface area contributed by atoms with Gasteiger partial charge < -0.3 is 10.6 Å². The van der Waals surface area contributed by atoms with Crippen LogP contribution in [0.25, 0.3) is 0 Å². The zero-order valence-electron chi connectivity index (χ0n) is 13.7. The second-order valence-electron chi connectivity index (χ2n) is 5.53. The highest BCUT2D eigenvalue weighted by atomic mass is 35.5. The van der Waals surface area contributed by atoms with Crippen LogP contribution in [-0.2, 0) is 0 Å². The number of benzene rings is 3. The van der Waals surface area contributed by atoms with Gasteiger partial charge >= 0.3 is 0 Å². The predicted molar refractivity (Wildman–Crippen MR) is 110 cm³/mol. The number of carbonyl (C=O) groups excluding carboxylic acids is 1. The Morgan fingerprint density at radius 2 is 1.46 bits per heavy atom. The molecule has 0 bridgehead atoms. The molecule has 3 nitrogen and oxygen atoms in total. The highest BCUT2D eigenvalue weighted by molar-refractivity contribution is 6.37. The van der Waals surface area contributed by atoms with E-state index in [2.05, 4.69) is 10.6 Å². The number of rotatable bonds is 6. The molecular formula is C21H16Cl2N2O. The first-order valence-electron chi connectivity index (χ1n) is 7.96. The summed E-state index contributed by atoms with van der Waals surface area (Å²) in [6, 6.07) is 22.5. The summed E-state index contributed by atoms with van der Waals surface area (Å²) in [5.74, 6) is -0.193. The van der Waals surface area contributed by atoms with Crippen LogP contribution in [0.3, 0.4) is 0 Å². The van der Waals surface area contributed by atoms with Crippen molar-refractivity contribution in [1.82, 2.24) is 0 Å². The highest BCUT2D eigenvalue weighted by Crippen LogP contribution is 2.22. The normalized spacial score (nSPS) is 10.7. The number of hydrogen-bond donors (Lipinski definition) is 2. The van der Waals surface area contributed by atoms with Crippen LogP contribution >= 0.6 is 23.2 Å². The Balaban J connectivity index is 1.59. The molecule has 0 fully saturated rings. The van der Waals surface area contributed by atoms with Crippen LogP contribution in [-0.4, -0.2) is 5.78 Å². The Labute approximate surface area is 162 Å². The summed E-state index contributed by atoms with van der Waals surface area (Å²) < 4.78 is 0. The van der Waals surface area contributed by atoms with Crippen molar-refractivity contribution in [3.8, 4) is 0 Å². The van der Waals surface area contributed by atoms with Gasteiger partial charge in [-0.2, -0.15) is 0 Å². The summed E-state index contributed by atoms with van der Waals surface area (Å²) in [5, 5.41) is 7.22. The van der Waals surface area contributed by atoms with E-state index in [0.717, 1.165) is 17.1 Å². The molecule has 0 unspecified atom stereocenters. The topological polar surface area (TPSA) is 41.1 Å². The minimum absolute atomic E-state index is 0.193. The largest absolute Gasteiger partial charge is 0.362 e. The van der Waals surface area contributed by atoms with E-state index in [-0.39, 0.29) is 5.78 Å². The van der Waals surface area contributed by atoms with Crippen LogP contribution in [0, 0.1) is 0 Å². The predicted octanol–water partition coefficient (Wildman–Crippen LogP) is 6.55. The minimum Gasteiger partial charge on any atom is -0.362 e.